The Labute approximate surface area is 127 Å². The number of hydrogen-bond acceptors (Lipinski definition) is 0. The van der Waals surface area contributed by atoms with Gasteiger partial charge in [0, 0.05) is 0 Å². The molecule has 0 unspecified atom stereocenters. The molecule has 0 heterocycles. The minimum absolute atomic E-state index is 0. The van der Waals surface area contributed by atoms with Gasteiger partial charge in [0.05, 0.1) is 0 Å². The smallest absolute Gasteiger partial charge is 0.335 e. The van der Waals surface area contributed by atoms with Gasteiger partial charge in [0.15, 0.2) is 0 Å². The van der Waals surface area contributed by atoms with E-state index in [-0.39, 0.29) is 26.2 Å². The normalized spacial score (nSPS) is 6.82. The largest absolute Gasteiger partial charge is 4.00 e. The summed E-state index contributed by atoms with van der Waals surface area (Å²) in [6.45, 7) is 8.00. The van der Waals surface area contributed by atoms with Gasteiger partial charge in [0.1, 0.15) is 0 Å². The Morgan fingerprint density at radius 2 is 0.765 bits per heavy atom. The van der Waals surface area contributed by atoms with Crippen molar-refractivity contribution in [2.24, 2.45) is 0 Å². The fourth-order valence-corrected chi connectivity index (χ4v) is 0.642. The third kappa shape index (κ3) is 31.3. The van der Waals surface area contributed by atoms with Crippen molar-refractivity contribution in [1.29, 1.82) is 0 Å². The van der Waals surface area contributed by atoms with Crippen LogP contribution in [-0.2, 0) is 26.2 Å². The minimum atomic E-state index is 0. The molecule has 0 bridgehead atoms. The summed E-state index contributed by atoms with van der Waals surface area (Å²) in [5.41, 5.74) is 0. The molecule has 0 saturated carbocycles. The van der Waals surface area contributed by atoms with Gasteiger partial charge in [-0.1, -0.05) is 0 Å². The Morgan fingerprint density at radius 1 is 0.588 bits per heavy atom. The van der Waals surface area contributed by atoms with Crippen LogP contribution in [0.2, 0.25) is 0 Å². The van der Waals surface area contributed by atoms with E-state index in [1.807, 2.05) is 101 Å². The maximum atomic E-state index is 2.00. The van der Waals surface area contributed by atoms with Gasteiger partial charge in [-0.3, -0.25) is 0 Å². The van der Waals surface area contributed by atoms with Gasteiger partial charge >= 0.3 is 26.2 Å². The Balaban J connectivity index is -0.000000157. The van der Waals surface area contributed by atoms with E-state index in [2.05, 4.69) is 0 Å². The Hall–Kier alpha value is -0.417. The summed E-state index contributed by atoms with van der Waals surface area (Å²) in [4.78, 5) is 0. The molecule has 2 aromatic rings. The summed E-state index contributed by atoms with van der Waals surface area (Å²) in [7, 11) is 0. The molecule has 92 valence electrons. The molecule has 0 aliphatic rings. The molecule has 0 amide bonds. The van der Waals surface area contributed by atoms with E-state index in [0.29, 0.717) is 0 Å². The molecule has 1 heteroatoms. The first kappa shape index (κ1) is 21.8. The molecule has 2 aromatic carbocycles. The molecule has 0 aliphatic heterocycles. The predicted molar refractivity (Wildman–Crippen MR) is 75.4 cm³/mol. The second-order valence-corrected chi connectivity index (χ2v) is 3.08. The Bertz CT molecular complexity index is 168. The van der Waals surface area contributed by atoms with Crippen LogP contribution >= 0.6 is 0 Å². The fourth-order valence-electron chi connectivity index (χ4n) is 0.642. The zero-order chi connectivity index (χ0) is 12.5. The molecular formula is C16H24Zr. The molecule has 0 N–H and O–H groups in total. The van der Waals surface area contributed by atoms with Gasteiger partial charge in [-0.25, -0.2) is 24.3 Å². The van der Waals surface area contributed by atoms with E-state index >= 15 is 0 Å². The maximum absolute atomic E-state index is 2.00. The average Bonchev–Trinajstić information content (AvgIpc) is 3.00. The molecule has 0 saturated heterocycles. The SMILES string of the molecule is C[CH-]C.C[CH-]C.[Zr+4].c1cc[cH-]c1.c1cc[cH-]c1. The predicted octanol–water partition coefficient (Wildman–Crippen LogP) is 5.27. The summed E-state index contributed by atoms with van der Waals surface area (Å²) in [5, 5.41) is 0. The van der Waals surface area contributed by atoms with E-state index in [4.69, 9.17) is 0 Å². The minimum Gasteiger partial charge on any atom is -0.335 e. The molecule has 0 fully saturated rings. The van der Waals surface area contributed by atoms with E-state index < -0.39 is 0 Å². The maximum Gasteiger partial charge on any atom is 4.00 e. The van der Waals surface area contributed by atoms with Gasteiger partial charge in [-0.15, -0.1) is 0 Å². The summed E-state index contributed by atoms with van der Waals surface area (Å²) >= 11 is 0. The van der Waals surface area contributed by atoms with Crippen molar-refractivity contribution < 1.29 is 26.2 Å². The summed E-state index contributed by atoms with van der Waals surface area (Å²) < 4.78 is 0. The average molecular weight is 308 g/mol. The molecular weight excluding hydrogens is 283 g/mol. The van der Waals surface area contributed by atoms with Crippen molar-refractivity contribution in [1.82, 2.24) is 0 Å². The Morgan fingerprint density at radius 3 is 0.824 bits per heavy atom. The monoisotopic (exact) mass is 306 g/mol. The third-order valence-corrected chi connectivity index (χ3v) is 1.11. The first-order chi connectivity index (χ1) is 7.83. The topological polar surface area (TPSA) is 0 Å². The first-order valence-electron chi connectivity index (χ1n) is 5.64. The van der Waals surface area contributed by atoms with Crippen molar-refractivity contribution in [2.45, 2.75) is 27.7 Å². The fraction of sp³-hybridized carbons (Fsp3) is 0.250. The first-order valence-corrected chi connectivity index (χ1v) is 5.64. The molecule has 0 radical (unpaired) electrons. The van der Waals surface area contributed by atoms with Crippen molar-refractivity contribution in [3.63, 3.8) is 0 Å². The van der Waals surface area contributed by atoms with E-state index in [1.165, 1.54) is 0 Å². The number of hydrogen-bond donors (Lipinski definition) is 0. The van der Waals surface area contributed by atoms with Gasteiger partial charge in [0.2, 0.25) is 0 Å². The van der Waals surface area contributed by atoms with Crippen molar-refractivity contribution in [3.8, 4) is 0 Å². The molecule has 17 heavy (non-hydrogen) atoms. The van der Waals surface area contributed by atoms with Crippen LogP contribution in [0.1, 0.15) is 27.7 Å². The van der Waals surface area contributed by atoms with Gasteiger partial charge in [0.25, 0.3) is 0 Å². The van der Waals surface area contributed by atoms with Gasteiger partial charge in [-0.2, -0.15) is 64.1 Å². The quantitative estimate of drug-likeness (QED) is 0.582. The molecule has 0 spiro atoms. The van der Waals surface area contributed by atoms with E-state index in [9.17, 15) is 0 Å². The third-order valence-electron chi connectivity index (χ3n) is 1.11. The van der Waals surface area contributed by atoms with Crippen LogP contribution in [0.15, 0.2) is 60.7 Å². The van der Waals surface area contributed by atoms with Crippen molar-refractivity contribution in [2.75, 3.05) is 0 Å². The molecule has 0 nitrogen and oxygen atoms in total. The second-order valence-electron chi connectivity index (χ2n) is 3.08. The molecule has 0 atom stereocenters. The van der Waals surface area contributed by atoms with Gasteiger partial charge in [-0.05, 0) is 0 Å². The van der Waals surface area contributed by atoms with Gasteiger partial charge < -0.3 is 12.8 Å². The van der Waals surface area contributed by atoms with Crippen LogP contribution in [0.25, 0.3) is 0 Å². The summed E-state index contributed by atoms with van der Waals surface area (Å²) in [6, 6.07) is 20.0. The zero-order valence-corrected chi connectivity index (χ0v) is 13.9. The van der Waals surface area contributed by atoms with Crippen LogP contribution in [0.3, 0.4) is 0 Å². The second kappa shape index (κ2) is 24.7. The zero-order valence-electron chi connectivity index (χ0n) is 11.4. The van der Waals surface area contributed by atoms with Crippen molar-refractivity contribution >= 4 is 0 Å². The van der Waals surface area contributed by atoms with Crippen molar-refractivity contribution in [3.05, 3.63) is 73.5 Å². The van der Waals surface area contributed by atoms with Crippen LogP contribution in [0.5, 0.6) is 0 Å². The van der Waals surface area contributed by atoms with Crippen LogP contribution in [0.4, 0.5) is 0 Å². The van der Waals surface area contributed by atoms with E-state index in [1.54, 1.807) is 0 Å². The number of rotatable bonds is 0. The molecule has 0 aromatic heterocycles. The molecule has 0 aliphatic carbocycles. The standard InChI is InChI=1S/2C5H5.2C3H7.Zr/c2*1-2-4-5-3-1;2*1-3-2;/h2*1-5H;2*3H,1-2H3;/q4*-1;+4. The van der Waals surface area contributed by atoms with E-state index in [0.717, 1.165) is 0 Å². The van der Waals surface area contributed by atoms with Crippen LogP contribution < -0.4 is 0 Å². The Kier molecular flexibility index (Phi) is 31.7. The van der Waals surface area contributed by atoms with Crippen LogP contribution in [0, 0.1) is 12.8 Å². The molecule has 2 rings (SSSR count). The summed E-state index contributed by atoms with van der Waals surface area (Å²) in [5.74, 6) is 0. The van der Waals surface area contributed by atoms with Crippen LogP contribution in [-0.4, -0.2) is 0 Å². The summed E-state index contributed by atoms with van der Waals surface area (Å²) in [6.07, 6.45) is 4.00.